The van der Waals surface area contributed by atoms with Gasteiger partial charge in [-0.05, 0) is 25.0 Å². The molecule has 2 amide bonds. The van der Waals surface area contributed by atoms with Crippen molar-refractivity contribution in [2.45, 2.75) is 44.3 Å². The zero-order valence-corrected chi connectivity index (χ0v) is 17.8. The lowest BCUT2D eigenvalue weighted by Gasteiger charge is -2.40. The smallest absolute Gasteiger partial charge is 0.420 e. The van der Waals surface area contributed by atoms with Crippen LogP contribution in [0.4, 0.5) is 13.2 Å². The number of amides is 2. The van der Waals surface area contributed by atoms with Crippen LogP contribution >= 0.6 is 0 Å². The molecule has 0 atom stereocenters. The highest BCUT2D eigenvalue weighted by molar-refractivity contribution is 5.96. The molecule has 3 aromatic rings. The number of aromatic nitrogens is 2. The van der Waals surface area contributed by atoms with Gasteiger partial charge in [0.25, 0.3) is 5.91 Å². The van der Waals surface area contributed by atoms with Crippen LogP contribution in [0.2, 0.25) is 0 Å². The first-order valence-corrected chi connectivity index (χ1v) is 11.0. The monoisotopic (exact) mass is 460 g/mol. The first-order valence-electron chi connectivity index (χ1n) is 11.0. The summed E-state index contributed by atoms with van der Waals surface area (Å²) in [4.78, 5) is 33.0. The maximum Gasteiger partial charge on any atom is 0.420 e. The van der Waals surface area contributed by atoms with Crippen LogP contribution in [-0.4, -0.2) is 56.7 Å². The first-order chi connectivity index (χ1) is 15.8. The Morgan fingerprint density at radius 1 is 1.09 bits per heavy atom. The number of piperazine rings is 1. The number of hydrogen-bond donors (Lipinski definition) is 0. The molecule has 1 aliphatic heterocycles. The normalized spacial score (nSPS) is 18.3. The number of furan rings is 1. The Morgan fingerprint density at radius 3 is 2.55 bits per heavy atom. The number of hydrogen-bond acceptors (Lipinski definition) is 4. The quantitative estimate of drug-likeness (QED) is 0.587. The molecule has 0 aromatic carbocycles. The third kappa shape index (κ3) is 4.09. The lowest BCUT2D eigenvalue weighted by Crippen LogP contribution is -2.55. The second-order valence-corrected chi connectivity index (χ2v) is 8.61. The summed E-state index contributed by atoms with van der Waals surface area (Å²) in [6, 6.07) is 2.77. The highest BCUT2D eigenvalue weighted by Crippen LogP contribution is 2.35. The van der Waals surface area contributed by atoms with Gasteiger partial charge in [-0.25, -0.2) is 4.98 Å². The van der Waals surface area contributed by atoms with E-state index in [-0.39, 0.29) is 35.4 Å². The molecule has 0 bridgehead atoms. The summed E-state index contributed by atoms with van der Waals surface area (Å²) in [5, 5.41) is 0. The molecule has 2 fully saturated rings. The van der Waals surface area contributed by atoms with E-state index in [0.29, 0.717) is 18.7 Å². The minimum Gasteiger partial charge on any atom is -0.472 e. The Labute approximate surface area is 187 Å². The molecule has 5 rings (SSSR count). The van der Waals surface area contributed by atoms with E-state index in [0.717, 1.165) is 31.7 Å². The number of pyridine rings is 1. The van der Waals surface area contributed by atoms with Gasteiger partial charge < -0.3 is 18.6 Å². The number of nitrogens with zero attached hydrogens (tertiary/aromatic N) is 4. The van der Waals surface area contributed by atoms with Gasteiger partial charge in [0, 0.05) is 42.7 Å². The van der Waals surface area contributed by atoms with Crippen molar-refractivity contribution >= 4 is 17.5 Å². The van der Waals surface area contributed by atoms with Crippen molar-refractivity contribution in [1.82, 2.24) is 19.2 Å². The number of fused-ring (bicyclic) bond motifs is 1. The summed E-state index contributed by atoms with van der Waals surface area (Å²) in [5.74, 6) is -0.670. The van der Waals surface area contributed by atoms with Crippen LogP contribution in [-0.2, 0) is 11.0 Å². The molecule has 174 valence electrons. The van der Waals surface area contributed by atoms with Crippen molar-refractivity contribution < 1.29 is 27.2 Å². The van der Waals surface area contributed by atoms with Gasteiger partial charge in [-0.3, -0.25) is 9.59 Å². The molecular weight excluding hydrogens is 437 g/mol. The Kier molecular flexibility index (Phi) is 5.38. The predicted octanol–water partition coefficient (Wildman–Crippen LogP) is 4.23. The van der Waals surface area contributed by atoms with Gasteiger partial charge >= 0.3 is 6.18 Å². The molecule has 1 saturated heterocycles. The second-order valence-electron chi connectivity index (χ2n) is 8.61. The van der Waals surface area contributed by atoms with E-state index in [2.05, 4.69) is 4.98 Å². The van der Waals surface area contributed by atoms with E-state index in [1.165, 1.54) is 40.6 Å². The van der Waals surface area contributed by atoms with Gasteiger partial charge in [-0.15, -0.1) is 0 Å². The van der Waals surface area contributed by atoms with Crippen molar-refractivity contribution in [3.63, 3.8) is 0 Å². The SMILES string of the molecule is O=C(c1cn2cc(-c3ccoc3)cc(C(F)(F)F)c2n1)N1CCN(C2CCCCC2)C(=O)C1. The third-order valence-corrected chi connectivity index (χ3v) is 6.49. The Balaban J connectivity index is 1.42. The summed E-state index contributed by atoms with van der Waals surface area (Å²) in [6.45, 7) is 0.679. The first kappa shape index (κ1) is 21.5. The van der Waals surface area contributed by atoms with Gasteiger partial charge in [0.2, 0.25) is 5.91 Å². The molecule has 0 radical (unpaired) electrons. The second kappa shape index (κ2) is 8.24. The highest BCUT2D eigenvalue weighted by Gasteiger charge is 2.37. The average Bonchev–Trinajstić information content (AvgIpc) is 3.47. The fraction of sp³-hybridized carbons (Fsp3) is 0.435. The summed E-state index contributed by atoms with van der Waals surface area (Å²) in [5.41, 5.74) is -0.655. The molecule has 4 heterocycles. The van der Waals surface area contributed by atoms with Crippen LogP contribution in [0.1, 0.15) is 48.2 Å². The third-order valence-electron chi connectivity index (χ3n) is 6.49. The van der Waals surface area contributed by atoms with E-state index in [1.807, 2.05) is 4.90 Å². The highest BCUT2D eigenvalue weighted by atomic mass is 19.4. The molecular formula is C23H23F3N4O3. The van der Waals surface area contributed by atoms with Gasteiger partial charge in [0.15, 0.2) is 0 Å². The zero-order valence-electron chi connectivity index (χ0n) is 17.8. The van der Waals surface area contributed by atoms with Crippen molar-refractivity contribution in [3.8, 4) is 11.1 Å². The molecule has 0 unspecified atom stereocenters. The molecule has 33 heavy (non-hydrogen) atoms. The van der Waals surface area contributed by atoms with Gasteiger partial charge in [-0.1, -0.05) is 19.3 Å². The van der Waals surface area contributed by atoms with Gasteiger partial charge in [0.1, 0.15) is 17.9 Å². The summed E-state index contributed by atoms with van der Waals surface area (Å²) < 4.78 is 47.5. The van der Waals surface area contributed by atoms with E-state index >= 15 is 0 Å². The fourth-order valence-electron chi connectivity index (χ4n) is 4.80. The zero-order chi connectivity index (χ0) is 23.2. The average molecular weight is 460 g/mol. The number of carbonyl (C=O) groups is 2. The largest absolute Gasteiger partial charge is 0.472 e. The van der Waals surface area contributed by atoms with E-state index in [4.69, 9.17) is 4.42 Å². The molecule has 7 nitrogen and oxygen atoms in total. The van der Waals surface area contributed by atoms with Gasteiger partial charge in [0.05, 0.1) is 18.1 Å². The van der Waals surface area contributed by atoms with Crippen LogP contribution in [0.3, 0.4) is 0 Å². The maximum atomic E-state index is 13.8. The molecule has 0 N–H and O–H groups in total. The molecule has 2 aliphatic rings. The van der Waals surface area contributed by atoms with E-state index in [1.54, 1.807) is 6.07 Å². The summed E-state index contributed by atoms with van der Waals surface area (Å²) >= 11 is 0. The maximum absolute atomic E-state index is 13.8. The van der Waals surface area contributed by atoms with Crippen LogP contribution in [0, 0.1) is 0 Å². The lowest BCUT2D eigenvalue weighted by molar-refractivity contribution is -0.138. The topological polar surface area (TPSA) is 71.1 Å². The Bertz CT molecular complexity index is 1180. The van der Waals surface area contributed by atoms with Crippen LogP contribution < -0.4 is 0 Å². The van der Waals surface area contributed by atoms with Crippen LogP contribution in [0.25, 0.3) is 16.8 Å². The Hall–Kier alpha value is -3.30. The number of imidazole rings is 1. The van der Waals surface area contributed by atoms with E-state index in [9.17, 15) is 22.8 Å². The molecule has 10 heteroatoms. The predicted molar refractivity (Wildman–Crippen MR) is 112 cm³/mol. The minimum atomic E-state index is -4.66. The van der Waals surface area contributed by atoms with Crippen molar-refractivity contribution in [2.24, 2.45) is 0 Å². The number of alkyl halides is 3. The lowest BCUT2D eigenvalue weighted by atomic mass is 9.93. The molecule has 1 aliphatic carbocycles. The summed E-state index contributed by atoms with van der Waals surface area (Å²) in [6.07, 6.45) is 6.16. The molecule has 0 spiro atoms. The van der Waals surface area contributed by atoms with Crippen LogP contribution in [0.5, 0.6) is 0 Å². The molecule has 3 aromatic heterocycles. The number of carbonyl (C=O) groups excluding carboxylic acids is 2. The van der Waals surface area contributed by atoms with Crippen LogP contribution in [0.15, 0.2) is 41.5 Å². The van der Waals surface area contributed by atoms with E-state index < -0.39 is 17.6 Å². The van der Waals surface area contributed by atoms with Crippen molar-refractivity contribution in [1.29, 1.82) is 0 Å². The standard InChI is InChI=1S/C23H23F3N4O3/c24-23(25,26)18-10-16(15-6-9-33-14-15)11-29-12-19(27-21(18)29)22(32)28-7-8-30(20(31)13-28)17-4-2-1-3-5-17/h6,9-12,14,17H,1-5,7-8,13H2. The van der Waals surface area contributed by atoms with Gasteiger partial charge in [-0.2, -0.15) is 13.2 Å². The molecule has 1 saturated carbocycles. The Morgan fingerprint density at radius 2 is 1.88 bits per heavy atom. The summed E-state index contributed by atoms with van der Waals surface area (Å²) in [7, 11) is 0. The number of rotatable bonds is 3. The van der Waals surface area contributed by atoms with Crippen molar-refractivity contribution in [3.05, 3.63) is 48.3 Å². The fourth-order valence-corrected chi connectivity index (χ4v) is 4.80. The minimum absolute atomic E-state index is 0.0877. The van der Waals surface area contributed by atoms with Crippen molar-refractivity contribution in [2.75, 3.05) is 19.6 Å². The number of halogens is 3.